The van der Waals surface area contributed by atoms with Crippen LogP contribution in [0.5, 0.6) is 0 Å². The molecule has 0 fully saturated rings. The molecule has 3 rings (SSSR count). The SMILES string of the molecule is CC(=O)NCCc1cc(Nc2n[nH]c(C)n2)nc(-c2ccccc2C(F)(F)F)n1.CI. The molecule has 31 heavy (non-hydrogen) atoms. The fraction of sp³-hybridized carbons (Fsp3) is 0.316. The van der Waals surface area contributed by atoms with Crippen LogP contribution in [-0.4, -0.2) is 42.5 Å². The van der Waals surface area contributed by atoms with Crippen LogP contribution in [0.15, 0.2) is 30.3 Å². The van der Waals surface area contributed by atoms with Gasteiger partial charge in [-0.1, -0.05) is 40.8 Å². The van der Waals surface area contributed by atoms with E-state index in [1.165, 1.54) is 25.1 Å². The molecular formula is C19H21F3IN7O. The number of aryl methyl sites for hydroxylation is 1. The lowest BCUT2D eigenvalue weighted by Crippen LogP contribution is -2.22. The van der Waals surface area contributed by atoms with Crippen LogP contribution < -0.4 is 10.6 Å². The molecule has 1 amide bonds. The first-order chi connectivity index (χ1) is 14.7. The number of anilines is 2. The summed E-state index contributed by atoms with van der Waals surface area (Å²) in [5.41, 5.74) is -0.523. The van der Waals surface area contributed by atoms with Gasteiger partial charge >= 0.3 is 6.18 Å². The Hall–Kier alpha value is -2.77. The van der Waals surface area contributed by atoms with Crippen molar-refractivity contribution >= 4 is 40.3 Å². The first kappa shape index (κ1) is 24.5. The van der Waals surface area contributed by atoms with Gasteiger partial charge in [0.1, 0.15) is 11.6 Å². The number of amides is 1. The summed E-state index contributed by atoms with van der Waals surface area (Å²) in [5, 5.41) is 12.1. The van der Waals surface area contributed by atoms with Gasteiger partial charge in [0.15, 0.2) is 5.82 Å². The van der Waals surface area contributed by atoms with Crippen molar-refractivity contribution in [3.63, 3.8) is 0 Å². The molecule has 1 aromatic carbocycles. The predicted octanol–water partition coefficient (Wildman–Crippen LogP) is 4.06. The lowest BCUT2D eigenvalue weighted by molar-refractivity contribution is -0.137. The summed E-state index contributed by atoms with van der Waals surface area (Å²) in [6.45, 7) is 3.37. The van der Waals surface area contributed by atoms with Crippen molar-refractivity contribution in [1.82, 2.24) is 30.5 Å². The number of rotatable bonds is 6. The Balaban J connectivity index is 0.00000166. The number of hydrogen-bond acceptors (Lipinski definition) is 6. The summed E-state index contributed by atoms with van der Waals surface area (Å²) in [6, 6.07) is 6.67. The highest BCUT2D eigenvalue weighted by Crippen LogP contribution is 2.36. The lowest BCUT2D eigenvalue weighted by Gasteiger charge is -2.14. The van der Waals surface area contributed by atoms with Crippen molar-refractivity contribution in [2.45, 2.75) is 26.4 Å². The third-order valence-electron chi connectivity index (χ3n) is 3.84. The van der Waals surface area contributed by atoms with Gasteiger partial charge in [0.2, 0.25) is 11.9 Å². The molecule has 0 bridgehead atoms. The molecule has 0 aliphatic rings. The first-order valence-corrected chi connectivity index (χ1v) is 11.2. The fourth-order valence-corrected chi connectivity index (χ4v) is 2.62. The van der Waals surface area contributed by atoms with Gasteiger partial charge in [0.25, 0.3) is 0 Å². The zero-order valence-electron chi connectivity index (χ0n) is 17.0. The Kier molecular flexibility index (Phi) is 8.71. The maximum absolute atomic E-state index is 13.4. The second kappa shape index (κ2) is 11.0. The first-order valence-electron chi connectivity index (χ1n) is 9.05. The number of H-pyrrole nitrogens is 1. The Morgan fingerprint density at radius 1 is 1.16 bits per heavy atom. The minimum Gasteiger partial charge on any atom is -0.356 e. The minimum absolute atomic E-state index is 0.0898. The Labute approximate surface area is 190 Å². The van der Waals surface area contributed by atoms with Gasteiger partial charge in [-0.3, -0.25) is 9.89 Å². The molecule has 0 unspecified atom stereocenters. The van der Waals surface area contributed by atoms with Crippen LogP contribution in [0.4, 0.5) is 24.9 Å². The van der Waals surface area contributed by atoms with Crippen molar-refractivity contribution in [2.24, 2.45) is 0 Å². The monoisotopic (exact) mass is 547 g/mol. The lowest BCUT2D eigenvalue weighted by atomic mass is 10.1. The third-order valence-corrected chi connectivity index (χ3v) is 3.84. The molecule has 0 aliphatic carbocycles. The maximum atomic E-state index is 13.4. The minimum atomic E-state index is -4.55. The Morgan fingerprint density at radius 2 is 1.87 bits per heavy atom. The number of aromatic amines is 1. The van der Waals surface area contributed by atoms with Gasteiger partial charge in [-0.2, -0.15) is 18.2 Å². The summed E-state index contributed by atoms with van der Waals surface area (Å²) in [6.07, 6.45) is -4.24. The molecule has 0 saturated carbocycles. The molecule has 2 heterocycles. The van der Waals surface area contributed by atoms with Gasteiger partial charge < -0.3 is 10.6 Å². The third kappa shape index (κ3) is 7.15. The van der Waals surface area contributed by atoms with E-state index in [4.69, 9.17) is 0 Å². The number of nitrogens with one attached hydrogen (secondary N) is 3. The zero-order chi connectivity index (χ0) is 23.0. The van der Waals surface area contributed by atoms with Crippen LogP contribution in [-0.2, 0) is 17.4 Å². The number of nitrogens with zero attached hydrogens (tertiary/aromatic N) is 4. The van der Waals surface area contributed by atoms with Crippen LogP contribution >= 0.6 is 22.6 Å². The fourth-order valence-electron chi connectivity index (χ4n) is 2.62. The van der Waals surface area contributed by atoms with Gasteiger partial charge in [0, 0.05) is 37.2 Å². The van der Waals surface area contributed by atoms with Crippen LogP contribution in [0.25, 0.3) is 11.4 Å². The Morgan fingerprint density at radius 3 is 2.48 bits per heavy atom. The van der Waals surface area contributed by atoms with E-state index in [1.54, 1.807) is 13.0 Å². The molecule has 3 aromatic rings. The van der Waals surface area contributed by atoms with Gasteiger partial charge in [0.05, 0.1) is 5.56 Å². The molecule has 2 aromatic heterocycles. The summed E-state index contributed by atoms with van der Waals surface area (Å²) in [7, 11) is 0. The molecule has 0 aliphatic heterocycles. The molecule has 0 spiro atoms. The van der Waals surface area contributed by atoms with Crippen LogP contribution in [0.3, 0.4) is 0 Å². The van der Waals surface area contributed by atoms with E-state index in [1.807, 2.05) is 4.93 Å². The zero-order valence-corrected chi connectivity index (χ0v) is 19.2. The van der Waals surface area contributed by atoms with E-state index in [0.29, 0.717) is 17.9 Å². The van der Waals surface area contributed by atoms with Crippen LogP contribution in [0.1, 0.15) is 24.0 Å². The number of carbonyl (C=O) groups is 1. The second-order valence-electron chi connectivity index (χ2n) is 6.21. The molecule has 0 radical (unpaired) electrons. The number of aromatic nitrogens is 5. The van der Waals surface area contributed by atoms with E-state index in [9.17, 15) is 18.0 Å². The van der Waals surface area contributed by atoms with Gasteiger partial charge in [-0.25, -0.2) is 9.97 Å². The number of benzene rings is 1. The van der Waals surface area contributed by atoms with E-state index < -0.39 is 11.7 Å². The number of carbonyl (C=O) groups excluding carboxylic acids is 1. The molecule has 0 saturated heterocycles. The van der Waals surface area contributed by atoms with Crippen molar-refractivity contribution in [1.29, 1.82) is 0 Å². The van der Waals surface area contributed by atoms with Gasteiger partial charge in [-0.15, -0.1) is 5.10 Å². The maximum Gasteiger partial charge on any atom is 0.417 e. The van der Waals surface area contributed by atoms with Gasteiger partial charge in [-0.05, 0) is 17.9 Å². The largest absolute Gasteiger partial charge is 0.417 e. The number of hydrogen-bond donors (Lipinski definition) is 3. The standard InChI is InChI=1S/C18H18F3N7O.CH3I/c1-10-23-17(28-27-10)26-15-9-12(7-8-22-11(2)29)24-16(25-15)13-5-3-4-6-14(13)18(19,20)21;1-2/h3-6,9H,7-8H2,1-2H3,(H,22,29)(H2,23,24,25,26,27,28);1H3. The van der Waals surface area contributed by atoms with E-state index in [2.05, 4.69) is 58.4 Å². The predicted molar refractivity (Wildman–Crippen MR) is 119 cm³/mol. The highest BCUT2D eigenvalue weighted by Gasteiger charge is 2.34. The highest BCUT2D eigenvalue weighted by molar-refractivity contribution is 14.1. The quantitative estimate of drug-likeness (QED) is 0.318. The molecule has 3 N–H and O–H groups in total. The summed E-state index contributed by atoms with van der Waals surface area (Å²) >= 11 is 2.15. The summed E-state index contributed by atoms with van der Waals surface area (Å²) in [5.74, 6) is 0.729. The van der Waals surface area contributed by atoms with Crippen molar-refractivity contribution < 1.29 is 18.0 Å². The van der Waals surface area contributed by atoms with E-state index in [0.717, 1.165) is 6.07 Å². The van der Waals surface area contributed by atoms with Crippen LogP contribution in [0.2, 0.25) is 0 Å². The molecule has 8 nitrogen and oxygen atoms in total. The highest BCUT2D eigenvalue weighted by atomic mass is 127. The van der Waals surface area contributed by atoms with E-state index >= 15 is 0 Å². The molecular weight excluding hydrogens is 526 g/mol. The number of alkyl halides is 4. The second-order valence-corrected chi connectivity index (χ2v) is 6.21. The average molecular weight is 547 g/mol. The molecule has 12 heteroatoms. The topological polar surface area (TPSA) is 108 Å². The summed E-state index contributed by atoms with van der Waals surface area (Å²) < 4.78 is 40.3. The normalized spacial score (nSPS) is 10.8. The van der Waals surface area contributed by atoms with Crippen molar-refractivity contribution in [3.05, 3.63) is 47.4 Å². The number of halogens is 4. The van der Waals surface area contributed by atoms with Crippen molar-refractivity contribution in [2.75, 3.05) is 16.8 Å². The van der Waals surface area contributed by atoms with Crippen molar-refractivity contribution in [3.8, 4) is 11.4 Å². The van der Waals surface area contributed by atoms with E-state index in [-0.39, 0.29) is 35.6 Å². The average Bonchev–Trinajstić information content (AvgIpc) is 3.13. The Bertz CT molecular complexity index is 1020. The smallest absolute Gasteiger partial charge is 0.356 e. The van der Waals surface area contributed by atoms with Crippen LogP contribution in [0, 0.1) is 6.92 Å². The molecule has 0 atom stereocenters. The molecule has 166 valence electrons. The summed E-state index contributed by atoms with van der Waals surface area (Å²) in [4.78, 5) is 25.7.